The predicted molar refractivity (Wildman–Crippen MR) is 105 cm³/mol. The van der Waals surface area contributed by atoms with Crippen LogP contribution < -0.4 is 0 Å². The molecule has 0 N–H and O–H groups in total. The number of hydrogen-bond donors (Lipinski definition) is 0. The second-order valence-electron chi connectivity index (χ2n) is 5.65. The minimum absolute atomic E-state index is 0.257. The van der Waals surface area contributed by atoms with Crippen LogP contribution in [0, 0.1) is 11.6 Å². The molecule has 0 unspecified atom stereocenters. The van der Waals surface area contributed by atoms with E-state index in [0.29, 0.717) is 0 Å². The molecule has 0 bridgehead atoms. The Kier molecular flexibility index (Phi) is 5.27. The van der Waals surface area contributed by atoms with Gasteiger partial charge >= 0.3 is 0 Å². The van der Waals surface area contributed by atoms with Gasteiger partial charge in [0.2, 0.25) is 0 Å². The number of nitrogens with zero attached hydrogens (tertiary/aromatic N) is 2. The second-order valence-corrected chi connectivity index (χ2v) is 7.83. The quantitative estimate of drug-likeness (QED) is 0.386. The van der Waals surface area contributed by atoms with E-state index in [-0.39, 0.29) is 11.6 Å². The molecule has 0 aliphatic heterocycles. The first-order chi connectivity index (χ1) is 13.2. The van der Waals surface area contributed by atoms with Gasteiger partial charge in [-0.05, 0) is 72.8 Å². The summed E-state index contributed by atoms with van der Waals surface area (Å²) in [6, 6.07) is 22.6. The maximum absolute atomic E-state index is 13.2. The third-order valence-electron chi connectivity index (χ3n) is 3.76. The SMILES string of the molecule is Fc1ccc(Sc2ccc(Sc3ccc(F)cc3)n2-c2ccccn2)cc1. The van der Waals surface area contributed by atoms with Crippen LogP contribution in [0.3, 0.4) is 0 Å². The van der Waals surface area contributed by atoms with E-state index in [1.807, 2.05) is 34.9 Å². The molecule has 2 aromatic carbocycles. The maximum Gasteiger partial charge on any atom is 0.138 e. The fraction of sp³-hybridized carbons (Fsp3) is 0. The Balaban J connectivity index is 1.72. The van der Waals surface area contributed by atoms with Gasteiger partial charge in [0.25, 0.3) is 0 Å². The molecule has 0 atom stereocenters. The first-order valence-electron chi connectivity index (χ1n) is 8.19. The lowest BCUT2D eigenvalue weighted by Gasteiger charge is -2.12. The molecule has 2 nitrogen and oxygen atoms in total. The van der Waals surface area contributed by atoms with Crippen molar-refractivity contribution in [2.45, 2.75) is 19.8 Å². The second kappa shape index (κ2) is 7.98. The summed E-state index contributed by atoms with van der Waals surface area (Å²) in [5.41, 5.74) is 0. The molecule has 0 fully saturated rings. The molecule has 2 heterocycles. The molecule has 6 heteroatoms. The fourth-order valence-corrected chi connectivity index (χ4v) is 4.44. The Bertz CT molecular complexity index is 965. The average Bonchev–Trinajstić information content (AvgIpc) is 3.08. The third-order valence-corrected chi connectivity index (χ3v) is 5.83. The van der Waals surface area contributed by atoms with Crippen LogP contribution in [-0.2, 0) is 0 Å². The summed E-state index contributed by atoms with van der Waals surface area (Å²) in [6.45, 7) is 0. The van der Waals surface area contributed by atoms with Gasteiger partial charge in [-0.2, -0.15) is 0 Å². The van der Waals surface area contributed by atoms with E-state index in [4.69, 9.17) is 0 Å². The van der Waals surface area contributed by atoms with Crippen LogP contribution in [0.4, 0.5) is 8.78 Å². The summed E-state index contributed by atoms with van der Waals surface area (Å²) in [5, 5.41) is 1.93. The Morgan fingerprint density at radius 1 is 0.630 bits per heavy atom. The van der Waals surface area contributed by atoms with Crippen LogP contribution in [0.5, 0.6) is 0 Å². The Labute approximate surface area is 164 Å². The maximum atomic E-state index is 13.2. The molecule has 0 aliphatic carbocycles. The van der Waals surface area contributed by atoms with Gasteiger partial charge in [-0.3, -0.25) is 4.57 Å². The first-order valence-corrected chi connectivity index (χ1v) is 9.82. The van der Waals surface area contributed by atoms with Gasteiger partial charge in [-0.25, -0.2) is 13.8 Å². The topological polar surface area (TPSA) is 17.8 Å². The zero-order valence-corrected chi connectivity index (χ0v) is 15.7. The van der Waals surface area contributed by atoms with Crippen LogP contribution >= 0.6 is 23.5 Å². The summed E-state index contributed by atoms with van der Waals surface area (Å²) < 4.78 is 28.4. The van der Waals surface area contributed by atoms with Crippen molar-refractivity contribution in [1.82, 2.24) is 9.55 Å². The standard InChI is InChI=1S/C21H14F2N2S2/c22-15-4-8-17(9-5-15)26-20-12-13-21(25(20)19-3-1-2-14-24-19)27-18-10-6-16(23)7-11-18/h1-14H. The minimum atomic E-state index is -0.257. The number of aromatic nitrogens is 2. The van der Waals surface area contributed by atoms with Crippen molar-refractivity contribution < 1.29 is 8.78 Å². The van der Waals surface area contributed by atoms with Gasteiger partial charge in [-0.15, -0.1) is 0 Å². The molecule has 0 radical (unpaired) electrons. The average molecular weight is 396 g/mol. The number of rotatable bonds is 5. The van der Waals surface area contributed by atoms with E-state index in [0.717, 1.165) is 25.7 Å². The van der Waals surface area contributed by atoms with E-state index in [9.17, 15) is 8.78 Å². The van der Waals surface area contributed by atoms with Crippen molar-refractivity contribution in [3.8, 4) is 5.82 Å². The Morgan fingerprint density at radius 2 is 1.15 bits per heavy atom. The third kappa shape index (κ3) is 4.23. The number of hydrogen-bond acceptors (Lipinski definition) is 3. The van der Waals surface area contributed by atoms with Crippen molar-refractivity contribution in [1.29, 1.82) is 0 Å². The lowest BCUT2D eigenvalue weighted by atomic mass is 10.4. The monoisotopic (exact) mass is 396 g/mol. The van der Waals surface area contributed by atoms with Gasteiger partial charge in [0.15, 0.2) is 0 Å². The number of halogens is 2. The first kappa shape index (κ1) is 17.8. The van der Waals surface area contributed by atoms with Crippen molar-refractivity contribution in [3.05, 3.63) is 96.7 Å². The summed E-state index contributed by atoms with van der Waals surface area (Å²) >= 11 is 3.07. The molecule has 0 saturated carbocycles. The van der Waals surface area contributed by atoms with Crippen LogP contribution in [0.25, 0.3) is 5.82 Å². The van der Waals surface area contributed by atoms with Crippen LogP contribution in [0.2, 0.25) is 0 Å². The van der Waals surface area contributed by atoms with E-state index in [2.05, 4.69) is 4.98 Å². The largest absolute Gasteiger partial charge is 0.283 e. The predicted octanol–water partition coefficient (Wildman–Crippen LogP) is 6.45. The molecule has 2 aromatic heterocycles. The van der Waals surface area contributed by atoms with E-state index in [1.165, 1.54) is 47.8 Å². The zero-order chi connectivity index (χ0) is 18.6. The van der Waals surface area contributed by atoms with Gasteiger partial charge in [-0.1, -0.05) is 29.6 Å². The normalized spacial score (nSPS) is 10.9. The van der Waals surface area contributed by atoms with Gasteiger partial charge in [0.05, 0.1) is 10.1 Å². The van der Waals surface area contributed by atoms with Gasteiger partial charge in [0, 0.05) is 16.0 Å². The highest BCUT2D eigenvalue weighted by atomic mass is 32.2. The number of pyridine rings is 1. The van der Waals surface area contributed by atoms with Crippen molar-refractivity contribution in [3.63, 3.8) is 0 Å². The van der Waals surface area contributed by atoms with E-state index < -0.39 is 0 Å². The molecule has 0 aliphatic rings. The van der Waals surface area contributed by atoms with E-state index in [1.54, 1.807) is 30.5 Å². The van der Waals surface area contributed by atoms with Gasteiger partial charge in [0.1, 0.15) is 17.5 Å². The highest BCUT2D eigenvalue weighted by molar-refractivity contribution is 8.00. The summed E-state index contributed by atoms with van der Waals surface area (Å²) in [4.78, 5) is 6.34. The fourth-order valence-electron chi connectivity index (χ4n) is 2.52. The molecular weight excluding hydrogens is 382 g/mol. The summed E-state index contributed by atoms with van der Waals surface area (Å²) in [7, 11) is 0. The lowest BCUT2D eigenvalue weighted by Crippen LogP contribution is -1.99. The zero-order valence-electron chi connectivity index (χ0n) is 14.0. The lowest BCUT2D eigenvalue weighted by molar-refractivity contribution is 0.626. The molecule has 0 amide bonds. The van der Waals surface area contributed by atoms with E-state index >= 15 is 0 Å². The number of benzene rings is 2. The molecule has 27 heavy (non-hydrogen) atoms. The Morgan fingerprint density at radius 3 is 1.59 bits per heavy atom. The molecule has 4 aromatic rings. The molecule has 0 spiro atoms. The molecule has 4 rings (SSSR count). The van der Waals surface area contributed by atoms with Crippen LogP contribution in [0.1, 0.15) is 0 Å². The summed E-state index contributed by atoms with van der Waals surface area (Å²) in [6.07, 6.45) is 1.74. The van der Waals surface area contributed by atoms with Crippen molar-refractivity contribution in [2.75, 3.05) is 0 Å². The molecular formula is C21H14F2N2S2. The van der Waals surface area contributed by atoms with Gasteiger partial charge < -0.3 is 0 Å². The minimum Gasteiger partial charge on any atom is -0.283 e. The van der Waals surface area contributed by atoms with Crippen molar-refractivity contribution >= 4 is 23.5 Å². The smallest absolute Gasteiger partial charge is 0.138 e. The highest BCUT2D eigenvalue weighted by Gasteiger charge is 2.14. The molecule has 0 saturated heterocycles. The summed E-state index contributed by atoms with van der Waals surface area (Å²) in [5.74, 6) is 0.274. The Hall–Kier alpha value is -2.57. The molecule has 134 valence electrons. The van der Waals surface area contributed by atoms with Crippen LogP contribution in [0.15, 0.2) is 105 Å². The van der Waals surface area contributed by atoms with Crippen molar-refractivity contribution in [2.24, 2.45) is 0 Å². The van der Waals surface area contributed by atoms with Crippen LogP contribution in [-0.4, -0.2) is 9.55 Å². The highest BCUT2D eigenvalue weighted by Crippen LogP contribution is 2.37.